The third-order valence-electron chi connectivity index (χ3n) is 5.78. The molecule has 3 fully saturated rings. The van der Waals surface area contributed by atoms with Gasteiger partial charge in [-0.1, -0.05) is 26.2 Å². The van der Waals surface area contributed by atoms with Crippen LogP contribution < -0.4 is 5.32 Å². The predicted molar refractivity (Wildman–Crippen MR) is 77.1 cm³/mol. The SMILES string of the molecule is CC1(C(=O)N2CCC3(CC2)CNC(=O)C3)CCCCC1. The Morgan fingerprint density at radius 1 is 1.10 bits per heavy atom. The van der Waals surface area contributed by atoms with Crippen molar-refractivity contribution in [2.45, 2.75) is 58.3 Å². The first kappa shape index (κ1) is 13.9. The van der Waals surface area contributed by atoms with Gasteiger partial charge in [0.2, 0.25) is 11.8 Å². The van der Waals surface area contributed by atoms with Crippen molar-refractivity contribution in [1.82, 2.24) is 10.2 Å². The molecular formula is C16H26N2O2. The number of hydrogen-bond donors (Lipinski definition) is 1. The van der Waals surface area contributed by atoms with Crippen molar-refractivity contribution in [2.75, 3.05) is 19.6 Å². The number of piperidine rings is 1. The maximum Gasteiger partial charge on any atom is 0.228 e. The molecule has 2 amide bonds. The second-order valence-electron chi connectivity index (χ2n) is 7.37. The van der Waals surface area contributed by atoms with E-state index in [-0.39, 0.29) is 16.7 Å². The van der Waals surface area contributed by atoms with Gasteiger partial charge < -0.3 is 10.2 Å². The summed E-state index contributed by atoms with van der Waals surface area (Å²) in [6, 6.07) is 0. The van der Waals surface area contributed by atoms with E-state index in [4.69, 9.17) is 0 Å². The molecule has 3 aliphatic rings. The Kier molecular flexibility index (Phi) is 3.51. The van der Waals surface area contributed by atoms with Gasteiger partial charge in [0, 0.05) is 31.5 Å². The average Bonchev–Trinajstić information content (AvgIpc) is 2.81. The number of carbonyl (C=O) groups excluding carboxylic acids is 2. The number of hydrogen-bond acceptors (Lipinski definition) is 2. The van der Waals surface area contributed by atoms with Crippen LogP contribution in [0.4, 0.5) is 0 Å². The fourth-order valence-electron chi connectivity index (χ4n) is 4.22. The molecule has 0 aromatic carbocycles. The summed E-state index contributed by atoms with van der Waals surface area (Å²) in [5.74, 6) is 0.549. The highest BCUT2D eigenvalue weighted by Crippen LogP contribution is 2.41. The number of rotatable bonds is 1. The Bertz CT molecular complexity index is 405. The largest absolute Gasteiger partial charge is 0.356 e. The summed E-state index contributed by atoms with van der Waals surface area (Å²) in [6.45, 7) is 4.64. The lowest BCUT2D eigenvalue weighted by Crippen LogP contribution is -2.49. The summed E-state index contributed by atoms with van der Waals surface area (Å²) < 4.78 is 0. The van der Waals surface area contributed by atoms with Crippen molar-refractivity contribution in [2.24, 2.45) is 10.8 Å². The summed E-state index contributed by atoms with van der Waals surface area (Å²) in [5, 5.41) is 2.95. The van der Waals surface area contributed by atoms with Crippen molar-refractivity contribution in [1.29, 1.82) is 0 Å². The maximum absolute atomic E-state index is 12.8. The number of nitrogens with one attached hydrogen (secondary N) is 1. The minimum atomic E-state index is -0.119. The Labute approximate surface area is 121 Å². The lowest BCUT2D eigenvalue weighted by molar-refractivity contribution is -0.145. The molecule has 0 aromatic heterocycles. The van der Waals surface area contributed by atoms with E-state index in [0.29, 0.717) is 12.3 Å². The predicted octanol–water partition coefficient (Wildman–Crippen LogP) is 2.09. The molecule has 1 N–H and O–H groups in total. The van der Waals surface area contributed by atoms with Gasteiger partial charge in [-0.2, -0.15) is 0 Å². The Balaban J connectivity index is 1.60. The van der Waals surface area contributed by atoms with Crippen molar-refractivity contribution < 1.29 is 9.59 Å². The van der Waals surface area contributed by atoms with E-state index in [1.165, 1.54) is 19.3 Å². The molecule has 2 heterocycles. The van der Waals surface area contributed by atoms with Crippen LogP contribution in [0, 0.1) is 10.8 Å². The summed E-state index contributed by atoms with van der Waals surface area (Å²) in [7, 11) is 0. The van der Waals surface area contributed by atoms with Crippen LogP contribution in [0.1, 0.15) is 58.3 Å². The lowest BCUT2D eigenvalue weighted by Gasteiger charge is -2.43. The van der Waals surface area contributed by atoms with Gasteiger partial charge in [-0.05, 0) is 31.1 Å². The Morgan fingerprint density at radius 3 is 2.30 bits per heavy atom. The van der Waals surface area contributed by atoms with Gasteiger partial charge >= 0.3 is 0 Å². The average molecular weight is 278 g/mol. The second kappa shape index (κ2) is 5.05. The normalized spacial score (nSPS) is 28.4. The summed E-state index contributed by atoms with van der Waals surface area (Å²) >= 11 is 0. The molecule has 4 heteroatoms. The first-order valence-corrected chi connectivity index (χ1v) is 8.09. The van der Waals surface area contributed by atoms with Crippen LogP contribution in [0.15, 0.2) is 0 Å². The van der Waals surface area contributed by atoms with Gasteiger partial charge in [-0.25, -0.2) is 0 Å². The van der Waals surface area contributed by atoms with E-state index < -0.39 is 0 Å². The number of likely N-dealkylation sites (tertiary alicyclic amines) is 1. The summed E-state index contributed by atoms with van der Waals surface area (Å²) in [4.78, 5) is 26.3. The van der Waals surface area contributed by atoms with Crippen LogP contribution in [0.3, 0.4) is 0 Å². The zero-order valence-corrected chi connectivity index (χ0v) is 12.5. The molecule has 0 unspecified atom stereocenters. The molecule has 2 saturated heterocycles. The fraction of sp³-hybridized carbons (Fsp3) is 0.875. The third kappa shape index (κ3) is 2.45. The molecule has 0 atom stereocenters. The van der Waals surface area contributed by atoms with Crippen molar-refractivity contribution in [3.05, 3.63) is 0 Å². The standard InChI is InChI=1S/C16H26N2O2/c1-15(5-3-2-4-6-15)14(20)18-9-7-16(8-10-18)11-13(19)17-12-16/h2-12H2,1H3,(H,17,19). The molecule has 0 aromatic rings. The summed E-state index contributed by atoms with van der Waals surface area (Å²) in [5.41, 5.74) is 0.0217. The molecule has 3 rings (SSSR count). The van der Waals surface area contributed by atoms with Crippen LogP contribution >= 0.6 is 0 Å². The minimum Gasteiger partial charge on any atom is -0.356 e. The zero-order chi connectivity index (χ0) is 14.2. The van der Waals surface area contributed by atoms with Crippen molar-refractivity contribution in [3.8, 4) is 0 Å². The third-order valence-corrected chi connectivity index (χ3v) is 5.78. The van der Waals surface area contributed by atoms with Gasteiger partial charge in [-0.3, -0.25) is 9.59 Å². The molecule has 20 heavy (non-hydrogen) atoms. The topological polar surface area (TPSA) is 49.4 Å². The molecule has 1 aliphatic carbocycles. The molecule has 112 valence electrons. The van der Waals surface area contributed by atoms with E-state index in [1.54, 1.807) is 0 Å². The van der Waals surface area contributed by atoms with E-state index >= 15 is 0 Å². The van der Waals surface area contributed by atoms with Gasteiger partial charge in [-0.15, -0.1) is 0 Å². The monoisotopic (exact) mass is 278 g/mol. The number of nitrogens with zero attached hydrogens (tertiary/aromatic N) is 1. The van der Waals surface area contributed by atoms with Crippen LogP contribution in [0.25, 0.3) is 0 Å². The number of amides is 2. The van der Waals surface area contributed by atoms with Gasteiger partial charge in [0.25, 0.3) is 0 Å². The Hall–Kier alpha value is -1.06. The zero-order valence-electron chi connectivity index (χ0n) is 12.5. The minimum absolute atomic E-state index is 0.119. The molecule has 1 spiro atoms. The van der Waals surface area contributed by atoms with E-state index in [0.717, 1.165) is 45.3 Å². The molecule has 1 saturated carbocycles. The van der Waals surface area contributed by atoms with E-state index in [9.17, 15) is 9.59 Å². The molecule has 2 aliphatic heterocycles. The molecule has 4 nitrogen and oxygen atoms in total. The smallest absolute Gasteiger partial charge is 0.228 e. The summed E-state index contributed by atoms with van der Waals surface area (Å²) in [6.07, 6.45) is 8.38. The van der Waals surface area contributed by atoms with E-state index in [2.05, 4.69) is 17.1 Å². The van der Waals surface area contributed by atoms with Crippen LogP contribution in [0.5, 0.6) is 0 Å². The Morgan fingerprint density at radius 2 is 1.75 bits per heavy atom. The first-order valence-electron chi connectivity index (χ1n) is 8.09. The maximum atomic E-state index is 12.8. The van der Waals surface area contributed by atoms with Gasteiger partial charge in [0.15, 0.2) is 0 Å². The van der Waals surface area contributed by atoms with E-state index in [1.807, 2.05) is 0 Å². The highest BCUT2D eigenvalue weighted by molar-refractivity contribution is 5.83. The highest BCUT2D eigenvalue weighted by Gasteiger charge is 2.44. The first-order chi connectivity index (χ1) is 9.53. The molecular weight excluding hydrogens is 252 g/mol. The van der Waals surface area contributed by atoms with Crippen molar-refractivity contribution in [3.63, 3.8) is 0 Å². The van der Waals surface area contributed by atoms with Gasteiger partial charge in [0.05, 0.1) is 0 Å². The van der Waals surface area contributed by atoms with Crippen LogP contribution in [-0.2, 0) is 9.59 Å². The molecule has 0 bridgehead atoms. The van der Waals surface area contributed by atoms with Crippen molar-refractivity contribution >= 4 is 11.8 Å². The second-order valence-corrected chi connectivity index (χ2v) is 7.37. The van der Waals surface area contributed by atoms with Crippen LogP contribution in [-0.4, -0.2) is 36.3 Å². The quantitative estimate of drug-likeness (QED) is 0.798. The lowest BCUT2D eigenvalue weighted by atomic mass is 9.73. The highest BCUT2D eigenvalue weighted by atomic mass is 16.2. The molecule has 0 radical (unpaired) electrons. The number of carbonyl (C=O) groups is 2. The van der Waals surface area contributed by atoms with Crippen LogP contribution in [0.2, 0.25) is 0 Å². The van der Waals surface area contributed by atoms with Gasteiger partial charge in [0.1, 0.15) is 0 Å². The fourth-order valence-corrected chi connectivity index (χ4v) is 4.22.